The van der Waals surface area contributed by atoms with Crippen LogP contribution >= 0.6 is 12.4 Å². The van der Waals surface area contributed by atoms with Crippen LogP contribution in [0.5, 0.6) is 5.75 Å². The molecule has 1 unspecified atom stereocenters. The first-order valence-electron chi connectivity index (χ1n) is 12.7. The largest absolute Gasteiger partial charge is 0.491 e. The summed E-state index contributed by atoms with van der Waals surface area (Å²) in [6.07, 6.45) is 7.73. The fourth-order valence-electron chi connectivity index (χ4n) is 7.32. The van der Waals surface area contributed by atoms with Gasteiger partial charge in [0.25, 0.3) is 0 Å². The van der Waals surface area contributed by atoms with Gasteiger partial charge in [-0.3, -0.25) is 9.13 Å². The van der Waals surface area contributed by atoms with Gasteiger partial charge in [0.05, 0.1) is 11.0 Å². The van der Waals surface area contributed by atoms with Gasteiger partial charge in [0.2, 0.25) is 0 Å². The molecule has 3 aromatic rings. The predicted molar refractivity (Wildman–Crippen MR) is 140 cm³/mol. The van der Waals surface area contributed by atoms with E-state index in [1.54, 1.807) is 23.2 Å². The van der Waals surface area contributed by atoms with E-state index in [1.807, 2.05) is 30.3 Å². The second-order valence-electron chi connectivity index (χ2n) is 11.2. The van der Waals surface area contributed by atoms with Gasteiger partial charge < -0.3 is 15.2 Å². The van der Waals surface area contributed by atoms with Gasteiger partial charge in [0, 0.05) is 26.2 Å². The number of aromatic nitrogens is 2. The van der Waals surface area contributed by atoms with Gasteiger partial charge in [0.15, 0.2) is 0 Å². The molecule has 4 aliphatic rings. The predicted octanol–water partition coefficient (Wildman–Crippen LogP) is 4.47. The van der Waals surface area contributed by atoms with Crippen LogP contribution in [0.15, 0.2) is 47.3 Å². The fourth-order valence-corrected chi connectivity index (χ4v) is 7.32. The number of fused-ring (bicyclic) bond motifs is 1. The quantitative estimate of drug-likeness (QED) is 0.505. The molecular weight excluding hydrogens is 462 g/mol. The molecule has 0 saturated heterocycles. The number of aliphatic hydroxyl groups excluding tert-OH is 1. The van der Waals surface area contributed by atoms with Gasteiger partial charge in [0.1, 0.15) is 18.5 Å². The normalized spacial score (nSPS) is 27.7. The zero-order chi connectivity index (χ0) is 23.4. The standard InChI is InChI=1S/C28H35N3O3.ClH/c1-30-24-8-5-22(12-25(24)31(2)27(30)33)26(32)17-34-23-6-3-18(4-7-23)16-29-28-13-19-9-20(14-28)11-21(10-19)15-28;/h3-8,12,19-21,26,29,32H,9-11,13-17H2,1-2H3;1H. The smallest absolute Gasteiger partial charge is 0.328 e. The van der Waals surface area contributed by atoms with Gasteiger partial charge in [-0.25, -0.2) is 4.79 Å². The Hall–Kier alpha value is -2.28. The summed E-state index contributed by atoms with van der Waals surface area (Å²) < 4.78 is 9.10. The molecule has 0 amide bonds. The first-order valence-corrected chi connectivity index (χ1v) is 12.7. The topological polar surface area (TPSA) is 68.4 Å². The minimum atomic E-state index is -0.767. The second-order valence-corrected chi connectivity index (χ2v) is 11.2. The molecule has 1 atom stereocenters. The highest BCUT2D eigenvalue weighted by Crippen LogP contribution is 2.55. The Kier molecular flexibility index (Phi) is 6.49. The second kappa shape index (κ2) is 9.30. The third kappa shape index (κ3) is 4.52. The number of halogens is 1. The molecule has 6 nitrogen and oxygen atoms in total. The molecule has 4 saturated carbocycles. The van der Waals surface area contributed by atoms with Crippen LogP contribution in [-0.2, 0) is 20.6 Å². The van der Waals surface area contributed by atoms with E-state index in [-0.39, 0.29) is 24.7 Å². The van der Waals surface area contributed by atoms with Crippen molar-refractivity contribution < 1.29 is 9.84 Å². The first kappa shape index (κ1) is 24.4. The van der Waals surface area contributed by atoms with Crippen LogP contribution in [0.25, 0.3) is 11.0 Å². The molecule has 2 N–H and O–H groups in total. The van der Waals surface area contributed by atoms with Crippen LogP contribution in [-0.4, -0.2) is 26.4 Å². The molecule has 4 bridgehead atoms. The lowest BCUT2D eigenvalue weighted by Gasteiger charge is -2.57. The highest BCUT2D eigenvalue weighted by Gasteiger charge is 2.50. The van der Waals surface area contributed by atoms with Gasteiger partial charge in [-0.2, -0.15) is 0 Å². The van der Waals surface area contributed by atoms with Crippen LogP contribution in [0.3, 0.4) is 0 Å². The molecule has 1 aromatic heterocycles. The maximum atomic E-state index is 12.1. The molecule has 35 heavy (non-hydrogen) atoms. The maximum absolute atomic E-state index is 12.1. The number of ether oxygens (including phenoxy) is 1. The molecular formula is C28H36ClN3O3. The molecule has 7 rings (SSSR count). The Morgan fingerprint density at radius 1 is 0.971 bits per heavy atom. The van der Waals surface area contributed by atoms with Crippen molar-refractivity contribution in [3.8, 4) is 5.75 Å². The molecule has 2 aromatic carbocycles. The molecule has 7 heteroatoms. The van der Waals surface area contributed by atoms with Crippen LogP contribution in [0.4, 0.5) is 0 Å². The highest BCUT2D eigenvalue weighted by atomic mass is 35.5. The Labute approximate surface area is 212 Å². The Morgan fingerprint density at radius 3 is 2.20 bits per heavy atom. The average Bonchev–Trinajstić information content (AvgIpc) is 3.04. The van der Waals surface area contributed by atoms with Crippen molar-refractivity contribution in [1.29, 1.82) is 0 Å². The molecule has 1 heterocycles. The summed E-state index contributed by atoms with van der Waals surface area (Å²) in [5.74, 6) is 3.61. The van der Waals surface area contributed by atoms with Gasteiger partial charge >= 0.3 is 5.69 Å². The number of imidazole rings is 1. The van der Waals surface area contributed by atoms with Gasteiger partial charge in [-0.1, -0.05) is 18.2 Å². The number of benzene rings is 2. The number of nitrogens with one attached hydrogen (secondary N) is 1. The van der Waals surface area contributed by atoms with Crippen molar-refractivity contribution in [2.75, 3.05) is 6.61 Å². The highest BCUT2D eigenvalue weighted by molar-refractivity contribution is 5.85. The average molecular weight is 498 g/mol. The summed E-state index contributed by atoms with van der Waals surface area (Å²) in [7, 11) is 3.50. The molecule has 4 fully saturated rings. The van der Waals surface area contributed by atoms with E-state index in [0.29, 0.717) is 5.54 Å². The monoisotopic (exact) mass is 497 g/mol. The number of hydrogen-bond acceptors (Lipinski definition) is 4. The maximum Gasteiger partial charge on any atom is 0.328 e. The number of aliphatic hydroxyl groups is 1. The van der Waals surface area contributed by atoms with Crippen molar-refractivity contribution in [1.82, 2.24) is 14.5 Å². The van der Waals surface area contributed by atoms with Crippen LogP contribution in [0.2, 0.25) is 0 Å². The number of hydrogen-bond donors (Lipinski definition) is 2. The minimum absolute atomic E-state index is 0. The van der Waals surface area contributed by atoms with Crippen molar-refractivity contribution in [3.63, 3.8) is 0 Å². The van der Waals surface area contributed by atoms with Crippen LogP contribution < -0.4 is 15.7 Å². The van der Waals surface area contributed by atoms with E-state index in [0.717, 1.165) is 46.6 Å². The van der Waals surface area contributed by atoms with E-state index in [1.165, 1.54) is 44.1 Å². The van der Waals surface area contributed by atoms with Crippen LogP contribution in [0.1, 0.15) is 55.8 Å². The minimum Gasteiger partial charge on any atom is -0.491 e. The lowest BCUT2D eigenvalue weighted by molar-refractivity contribution is -0.0206. The molecule has 4 aliphatic carbocycles. The summed E-state index contributed by atoms with van der Waals surface area (Å²) in [4.78, 5) is 12.1. The van der Waals surface area contributed by atoms with E-state index in [2.05, 4.69) is 17.4 Å². The number of nitrogens with zero attached hydrogens (tertiary/aromatic N) is 2. The van der Waals surface area contributed by atoms with Gasteiger partial charge in [-0.05, 0) is 91.7 Å². The number of aryl methyl sites for hydroxylation is 2. The molecule has 0 spiro atoms. The van der Waals surface area contributed by atoms with E-state index in [4.69, 9.17) is 4.74 Å². The SMILES string of the molecule is Cl.Cn1c(=O)n(C)c2cc(C(O)COc3ccc(CNC45CC6CC(CC(C6)C4)C5)cc3)ccc21. The molecule has 0 aliphatic heterocycles. The summed E-state index contributed by atoms with van der Waals surface area (Å²) in [6.45, 7) is 1.07. The van der Waals surface area contributed by atoms with Crippen molar-refractivity contribution >= 4 is 23.4 Å². The van der Waals surface area contributed by atoms with Crippen molar-refractivity contribution in [2.45, 2.75) is 56.7 Å². The summed E-state index contributed by atoms with van der Waals surface area (Å²) in [5.41, 5.74) is 3.97. The summed E-state index contributed by atoms with van der Waals surface area (Å²) >= 11 is 0. The lowest BCUT2D eigenvalue weighted by Crippen LogP contribution is -2.58. The molecule has 188 valence electrons. The van der Waals surface area contributed by atoms with Crippen molar-refractivity contribution in [2.24, 2.45) is 31.8 Å². The summed E-state index contributed by atoms with van der Waals surface area (Å²) in [6, 6.07) is 13.8. The molecule has 0 radical (unpaired) electrons. The van der Waals surface area contributed by atoms with Crippen LogP contribution in [0, 0.1) is 17.8 Å². The first-order chi connectivity index (χ1) is 16.4. The Morgan fingerprint density at radius 2 is 1.57 bits per heavy atom. The zero-order valence-corrected chi connectivity index (χ0v) is 21.4. The van der Waals surface area contributed by atoms with E-state index in [9.17, 15) is 9.90 Å². The number of rotatable bonds is 7. The Balaban J connectivity index is 0.00000253. The third-order valence-electron chi connectivity index (χ3n) is 8.72. The van der Waals surface area contributed by atoms with E-state index < -0.39 is 6.10 Å². The van der Waals surface area contributed by atoms with Crippen molar-refractivity contribution in [3.05, 3.63) is 64.1 Å². The lowest BCUT2D eigenvalue weighted by atomic mass is 9.53. The fraction of sp³-hybridized carbons (Fsp3) is 0.536. The summed E-state index contributed by atoms with van der Waals surface area (Å²) in [5, 5.41) is 14.6. The van der Waals surface area contributed by atoms with E-state index >= 15 is 0 Å². The third-order valence-corrected chi connectivity index (χ3v) is 8.72. The van der Waals surface area contributed by atoms with Gasteiger partial charge in [-0.15, -0.1) is 12.4 Å². The zero-order valence-electron chi connectivity index (χ0n) is 20.6. The Bertz CT molecular complexity index is 1230.